The molecule has 1 amide bonds. The van der Waals surface area contributed by atoms with Crippen LogP contribution in [0.1, 0.15) is 6.92 Å². The molecule has 4 nitrogen and oxygen atoms in total. The van der Waals surface area contributed by atoms with E-state index < -0.39 is 0 Å². The lowest BCUT2D eigenvalue weighted by Gasteiger charge is -2.21. The van der Waals surface area contributed by atoms with E-state index >= 15 is 0 Å². The van der Waals surface area contributed by atoms with Gasteiger partial charge < -0.3 is 4.74 Å². The van der Waals surface area contributed by atoms with Crippen molar-refractivity contribution in [2.24, 2.45) is 0 Å². The van der Waals surface area contributed by atoms with Gasteiger partial charge in [0.05, 0.1) is 18.5 Å². The third-order valence-corrected chi connectivity index (χ3v) is 3.68. The van der Waals surface area contributed by atoms with Crippen LogP contribution in [-0.2, 0) is 4.79 Å². The van der Waals surface area contributed by atoms with E-state index in [-0.39, 0.29) is 5.91 Å². The first-order chi connectivity index (χ1) is 11.7. The average Bonchev–Trinajstić information content (AvgIpc) is 2.63. The summed E-state index contributed by atoms with van der Waals surface area (Å²) in [4.78, 5) is 18.4. The molecule has 0 saturated carbocycles. The van der Waals surface area contributed by atoms with E-state index in [1.807, 2.05) is 72.8 Å². The maximum Gasteiger partial charge on any atom is 0.229 e. The first-order valence-electron chi connectivity index (χ1n) is 7.66. The smallest absolute Gasteiger partial charge is 0.229 e. The van der Waals surface area contributed by atoms with E-state index in [1.165, 1.54) is 6.92 Å². The molecule has 0 bridgehead atoms. The van der Waals surface area contributed by atoms with Gasteiger partial charge in [-0.3, -0.25) is 9.69 Å². The Kier molecular flexibility index (Phi) is 4.57. The van der Waals surface area contributed by atoms with Crippen LogP contribution in [0.25, 0.3) is 11.3 Å². The van der Waals surface area contributed by atoms with Gasteiger partial charge in [0.15, 0.2) is 0 Å². The second-order valence-electron chi connectivity index (χ2n) is 5.30. The van der Waals surface area contributed by atoms with Crippen LogP contribution in [0.2, 0.25) is 0 Å². The van der Waals surface area contributed by atoms with E-state index in [0.717, 1.165) is 22.7 Å². The van der Waals surface area contributed by atoms with Crippen LogP contribution in [-0.4, -0.2) is 18.0 Å². The number of nitrogens with zero attached hydrogens (tertiary/aromatic N) is 2. The van der Waals surface area contributed by atoms with Crippen molar-refractivity contribution in [1.82, 2.24) is 4.98 Å². The van der Waals surface area contributed by atoms with Gasteiger partial charge in [-0.05, 0) is 36.4 Å². The quantitative estimate of drug-likeness (QED) is 0.714. The van der Waals surface area contributed by atoms with Crippen LogP contribution >= 0.6 is 0 Å². The van der Waals surface area contributed by atoms with Gasteiger partial charge in [0, 0.05) is 12.5 Å². The second kappa shape index (κ2) is 6.96. The lowest BCUT2D eigenvalue weighted by molar-refractivity contribution is -0.115. The van der Waals surface area contributed by atoms with Crippen molar-refractivity contribution in [2.45, 2.75) is 6.92 Å². The molecule has 3 aromatic rings. The molecule has 3 rings (SSSR count). The van der Waals surface area contributed by atoms with Crippen molar-refractivity contribution in [2.75, 3.05) is 12.0 Å². The van der Waals surface area contributed by atoms with Gasteiger partial charge in [-0.2, -0.15) is 0 Å². The molecule has 0 saturated heterocycles. The molecule has 2 aromatic carbocycles. The van der Waals surface area contributed by atoms with Gasteiger partial charge in [0.2, 0.25) is 5.91 Å². The fourth-order valence-electron chi connectivity index (χ4n) is 2.52. The molecule has 0 aliphatic rings. The summed E-state index contributed by atoms with van der Waals surface area (Å²) in [5.74, 6) is 1.24. The minimum Gasteiger partial charge on any atom is -0.497 e. The molecule has 0 aliphatic heterocycles. The van der Waals surface area contributed by atoms with Crippen molar-refractivity contribution < 1.29 is 9.53 Å². The van der Waals surface area contributed by atoms with Crippen LogP contribution in [0, 0.1) is 0 Å². The molecule has 0 radical (unpaired) electrons. The number of methoxy groups -OCH3 is 1. The highest BCUT2D eigenvalue weighted by Crippen LogP contribution is 2.28. The van der Waals surface area contributed by atoms with E-state index in [2.05, 4.69) is 4.98 Å². The Bertz CT molecular complexity index is 830. The maximum atomic E-state index is 12.2. The first-order valence-corrected chi connectivity index (χ1v) is 7.66. The van der Waals surface area contributed by atoms with Crippen LogP contribution in [0.4, 0.5) is 11.5 Å². The number of ether oxygens (including phenoxy) is 1. The highest BCUT2D eigenvalue weighted by atomic mass is 16.5. The molecule has 120 valence electrons. The highest BCUT2D eigenvalue weighted by Gasteiger charge is 2.16. The van der Waals surface area contributed by atoms with Gasteiger partial charge >= 0.3 is 0 Å². The molecule has 1 heterocycles. The number of benzene rings is 2. The summed E-state index contributed by atoms with van der Waals surface area (Å²) >= 11 is 0. The Morgan fingerprint density at radius 3 is 2.25 bits per heavy atom. The third-order valence-electron chi connectivity index (χ3n) is 3.68. The number of hydrogen-bond donors (Lipinski definition) is 0. The Morgan fingerprint density at radius 2 is 1.62 bits per heavy atom. The Balaban J connectivity index is 2.01. The number of anilines is 2. The van der Waals surface area contributed by atoms with Crippen molar-refractivity contribution >= 4 is 17.4 Å². The fourth-order valence-corrected chi connectivity index (χ4v) is 2.52. The van der Waals surface area contributed by atoms with E-state index in [4.69, 9.17) is 4.74 Å². The number of rotatable bonds is 4. The van der Waals surface area contributed by atoms with Gasteiger partial charge in [-0.1, -0.05) is 36.4 Å². The minimum atomic E-state index is -0.0992. The number of carbonyl (C=O) groups excluding carboxylic acids is 1. The summed E-state index contributed by atoms with van der Waals surface area (Å²) in [6.07, 6.45) is 0. The summed E-state index contributed by atoms with van der Waals surface area (Å²) in [5.41, 5.74) is 2.59. The Morgan fingerprint density at radius 1 is 0.917 bits per heavy atom. The number of aromatic nitrogens is 1. The average molecular weight is 318 g/mol. The molecule has 0 unspecified atom stereocenters. The summed E-state index contributed by atoms with van der Waals surface area (Å²) < 4.78 is 5.17. The number of amides is 1. The van der Waals surface area contributed by atoms with Gasteiger partial charge in [0.25, 0.3) is 0 Å². The topological polar surface area (TPSA) is 42.4 Å². The normalized spacial score (nSPS) is 10.2. The fraction of sp³-hybridized carbons (Fsp3) is 0.100. The molecule has 4 heteroatoms. The molecule has 0 aliphatic carbocycles. The summed E-state index contributed by atoms with van der Waals surface area (Å²) in [6.45, 7) is 1.53. The van der Waals surface area contributed by atoms with Crippen LogP contribution in [0.5, 0.6) is 5.75 Å². The molecular formula is C20H18N2O2. The Hall–Kier alpha value is -3.14. The zero-order valence-electron chi connectivity index (χ0n) is 13.6. The predicted molar refractivity (Wildman–Crippen MR) is 95.5 cm³/mol. The van der Waals surface area contributed by atoms with Gasteiger partial charge in [0.1, 0.15) is 11.6 Å². The van der Waals surface area contributed by atoms with Gasteiger partial charge in [-0.25, -0.2) is 4.98 Å². The molecule has 0 N–H and O–H groups in total. The number of carbonyl (C=O) groups is 1. The summed E-state index contributed by atoms with van der Waals surface area (Å²) in [6, 6.07) is 22.9. The van der Waals surface area contributed by atoms with Crippen molar-refractivity contribution in [3.05, 3.63) is 72.8 Å². The predicted octanol–water partition coefficient (Wildman–Crippen LogP) is 4.44. The molecular weight excluding hydrogens is 300 g/mol. The minimum absolute atomic E-state index is 0.0992. The standard InChI is InChI=1S/C20H18N2O2/c1-15(23)22(17-11-13-18(24-2)14-12-17)20-10-6-9-19(21-20)16-7-4-3-5-8-16/h3-14H,1-2H3. The van der Waals surface area contributed by atoms with Crippen LogP contribution < -0.4 is 9.64 Å². The summed E-state index contributed by atoms with van der Waals surface area (Å²) in [5, 5.41) is 0. The molecule has 0 spiro atoms. The number of pyridine rings is 1. The van der Waals surface area contributed by atoms with Gasteiger partial charge in [-0.15, -0.1) is 0 Å². The second-order valence-corrected chi connectivity index (χ2v) is 5.30. The lowest BCUT2D eigenvalue weighted by Crippen LogP contribution is -2.23. The van der Waals surface area contributed by atoms with Crippen molar-refractivity contribution in [1.29, 1.82) is 0 Å². The zero-order chi connectivity index (χ0) is 16.9. The molecule has 1 aromatic heterocycles. The Labute approximate surface area is 141 Å². The lowest BCUT2D eigenvalue weighted by atomic mass is 10.1. The molecule has 0 atom stereocenters. The van der Waals surface area contributed by atoms with E-state index in [0.29, 0.717) is 5.82 Å². The van der Waals surface area contributed by atoms with Crippen LogP contribution in [0.3, 0.4) is 0 Å². The van der Waals surface area contributed by atoms with E-state index in [1.54, 1.807) is 12.0 Å². The molecule has 0 fully saturated rings. The van der Waals surface area contributed by atoms with Crippen LogP contribution in [0.15, 0.2) is 72.8 Å². The van der Waals surface area contributed by atoms with Crippen molar-refractivity contribution in [3.8, 4) is 17.0 Å². The monoisotopic (exact) mass is 318 g/mol. The van der Waals surface area contributed by atoms with E-state index in [9.17, 15) is 4.79 Å². The van der Waals surface area contributed by atoms with Crippen molar-refractivity contribution in [3.63, 3.8) is 0 Å². The highest BCUT2D eigenvalue weighted by molar-refractivity contribution is 5.98. The molecule has 24 heavy (non-hydrogen) atoms. The largest absolute Gasteiger partial charge is 0.497 e. The SMILES string of the molecule is COc1ccc(N(C(C)=O)c2cccc(-c3ccccc3)n2)cc1. The number of hydrogen-bond acceptors (Lipinski definition) is 3. The summed E-state index contributed by atoms with van der Waals surface area (Å²) in [7, 11) is 1.61. The maximum absolute atomic E-state index is 12.2. The first kappa shape index (κ1) is 15.7. The third kappa shape index (κ3) is 3.27. The zero-order valence-corrected chi connectivity index (χ0v) is 13.6.